The minimum absolute atomic E-state index is 0.136. The van der Waals surface area contributed by atoms with Crippen molar-refractivity contribution in [2.45, 2.75) is 26.9 Å². The third-order valence-corrected chi connectivity index (χ3v) is 0.866. The summed E-state index contributed by atoms with van der Waals surface area (Å²) in [4.78, 5) is 29.4. The molecule has 0 aromatic carbocycles. The van der Waals surface area contributed by atoms with Crippen molar-refractivity contribution in [2.75, 3.05) is 0 Å². The van der Waals surface area contributed by atoms with Crippen molar-refractivity contribution in [2.24, 2.45) is 0 Å². The Hall–Kier alpha value is -1.52. The molecule has 5 heteroatoms. The molecule has 0 aliphatic heterocycles. The Labute approximate surface area is 76.2 Å². The van der Waals surface area contributed by atoms with Gasteiger partial charge in [0.15, 0.2) is 0 Å². The summed E-state index contributed by atoms with van der Waals surface area (Å²) >= 11 is 0. The Balaban J connectivity index is 3.71. The Bertz CT molecular complexity index is 219. The lowest BCUT2D eigenvalue weighted by Gasteiger charge is -2.06. The van der Waals surface area contributed by atoms with Crippen LogP contribution in [0.1, 0.15) is 20.8 Å². The molecular formula is C8H12O5. The SMILES string of the molecule is C=C(C)C(=O)OOC(=O)OC(C)C. The van der Waals surface area contributed by atoms with Crippen molar-refractivity contribution in [3.63, 3.8) is 0 Å². The van der Waals surface area contributed by atoms with E-state index in [-0.39, 0.29) is 11.7 Å². The van der Waals surface area contributed by atoms with Crippen LogP contribution in [0.25, 0.3) is 0 Å². The molecule has 0 N–H and O–H groups in total. The van der Waals surface area contributed by atoms with Crippen molar-refractivity contribution in [1.29, 1.82) is 0 Å². The molecule has 0 fully saturated rings. The molecule has 0 aromatic heterocycles. The highest BCUT2D eigenvalue weighted by Gasteiger charge is 2.12. The number of hydrogen-bond donors (Lipinski definition) is 0. The molecule has 0 aliphatic rings. The highest BCUT2D eigenvalue weighted by atomic mass is 17.2. The predicted molar refractivity (Wildman–Crippen MR) is 43.6 cm³/mol. The third kappa shape index (κ3) is 5.72. The first-order valence-corrected chi connectivity index (χ1v) is 3.68. The molecule has 0 rings (SSSR count). The summed E-state index contributed by atoms with van der Waals surface area (Å²) < 4.78 is 4.51. The number of carbonyl (C=O) groups excluding carboxylic acids is 2. The molecule has 0 saturated carbocycles. The van der Waals surface area contributed by atoms with Gasteiger partial charge < -0.3 is 4.74 Å². The second-order valence-corrected chi connectivity index (χ2v) is 2.65. The zero-order valence-electron chi connectivity index (χ0n) is 7.83. The first-order valence-electron chi connectivity index (χ1n) is 3.68. The summed E-state index contributed by atoms with van der Waals surface area (Å²) in [7, 11) is 0. The molecule has 0 aromatic rings. The van der Waals surface area contributed by atoms with Crippen LogP contribution in [0.15, 0.2) is 12.2 Å². The lowest BCUT2D eigenvalue weighted by Crippen LogP contribution is -2.16. The van der Waals surface area contributed by atoms with Crippen LogP contribution in [0.4, 0.5) is 4.79 Å². The smallest absolute Gasteiger partial charge is 0.429 e. The van der Waals surface area contributed by atoms with E-state index in [1.807, 2.05) is 0 Å². The van der Waals surface area contributed by atoms with Crippen LogP contribution in [0, 0.1) is 0 Å². The highest BCUT2D eigenvalue weighted by Crippen LogP contribution is 1.97. The Kier molecular flexibility index (Phi) is 4.58. The normalized spacial score (nSPS) is 9.23. The molecule has 0 radical (unpaired) electrons. The Morgan fingerprint density at radius 3 is 2.15 bits per heavy atom. The van der Waals surface area contributed by atoms with Gasteiger partial charge in [-0.05, 0) is 20.8 Å². The lowest BCUT2D eigenvalue weighted by atomic mass is 10.4. The van der Waals surface area contributed by atoms with Gasteiger partial charge in [0.2, 0.25) is 0 Å². The summed E-state index contributed by atoms with van der Waals surface area (Å²) in [6.45, 7) is 8.00. The van der Waals surface area contributed by atoms with E-state index in [0.29, 0.717) is 0 Å². The number of hydrogen-bond acceptors (Lipinski definition) is 5. The molecule has 0 aliphatic carbocycles. The Morgan fingerprint density at radius 2 is 1.77 bits per heavy atom. The fourth-order valence-electron chi connectivity index (χ4n) is 0.355. The van der Waals surface area contributed by atoms with Crippen LogP contribution in [-0.4, -0.2) is 18.2 Å². The Morgan fingerprint density at radius 1 is 1.23 bits per heavy atom. The summed E-state index contributed by atoms with van der Waals surface area (Å²) in [6, 6.07) is 0. The van der Waals surface area contributed by atoms with Gasteiger partial charge >= 0.3 is 12.1 Å². The number of carbonyl (C=O) groups is 2. The average molecular weight is 188 g/mol. The highest BCUT2D eigenvalue weighted by molar-refractivity contribution is 5.86. The molecule has 13 heavy (non-hydrogen) atoms. The van der Waals surface area contributed by atoms with E-state index in [9.17, 15) is 9.59 Å². The van der Waals surface area contributed by atoms with E-state index < -0.39 is 12.1 Å². The standard InChI is InChI=1S/C8H12O5/c1-5(2)7(9)12-13-8(10)11-6(3)4/h6H,1H2,2-4H3. The number of rotatable bonds is 2. The minimum atomic E-state index is -1.05. The van der Waals surface area contributed by atoms with Crippen LogP contribution in [-0.2, 0) is 19.3 Å². The predicted octanol–water partition coefficient (Wildman–Crippen LogP) is 1.58. The second-order valence-electron chi connectivity index (χ2n) is 2.65. The largest absolute Gasteiger partial charge is 0.550 e. The molecule has 0 bridgehead atoms. The average Bonchev–Trinajstić information content (AvgIpc) is 1.98. The topological polar surface area (TPSA) is 61.8 Å². The van der Waals surface area contributed by atoms with Crippen molar-refractivity contribution >= 4 is 12.1 Å². The molecular weight excluding hydrogens is 176 g/mol. The zero-order valence-corrected chi connectivity index (χ0v) is 7.83. The van der Waals surface area contributed by atoms with Crippen LogP contribution in [0.2, 0.25) is 0 Å². The molecule has 0 saturated heterocycles. The quantitative estimate of drug-likeness (QED) is 0.285. The number of ether oxygens (including phenoxy) is 1. The van der Waals surface area contributed by atoms with Crippen molar-refractivity contribution < 1.29 is 24.1 Å². The first kappa shape index (κ1) is 11.5. The molecule has 0 atom stereocenters. The van der Waals surface area contributed by atoms with Crippen molar-refractivity contribution in [1.82, 2.24) is 0 Å². The first-order chi connectivity index (χ1) is 5.93. The summed E-state index contributed by atoms with van der Waals surface area (Å²) in [5.41, 5.74) is 0.136. The van der Waals surface area contributed by atoms with E-state index >= 15 is 0 Å². The van der Waals surface area contributed by atoms with Gasteiger partial charge in [0.25, 0.3) is 0 Å². The maximum absolute atomic E-state index is 10.7. The monoisotopic (exact) mass is 188 g/mol. The van der Waals surface area contributed by atoms with Crippen LogP contribution < -0.4 is 0 Å². The molecule has 0 amide bonds. The maximum atomic E-state index is 10.7. The molecule has 0 heterocycles. The van der Waals surface area contributed by atoms with Gasteiger partial charge in [-0.1, -0.05) is 6.58 Å². The van der Waals surface area contributed by atoms with E-state index in [4.69, 9.17) is 0 Å². The van der Waals surface area contributed by atoms with E-state index in [1.54, 1.807) is 13.8 Å². The maximum Gasteiger partial charge on any atom is 0.550 e. The van der Waals surface area contributed by atoms with Crippen molar-refractivity contribution in [3.8, 4) is 0 Å². The van der Waals surface area contributed by atoms with Crippen LogP contribution >= 0.6 is 0 Å². The molecule has 0 unspecified atom stereocenters. The van der Waals surface area contributed by atoms with Crippen LogP contribution in [0.3, 0.4) is 0 Å². The van der Waals surface area contributed by atoms with Gasteiger partial charge in [-0.15, -0.1) is 0 Å². The van der Waals surface area contributed by atoms with Crippen LogP contribution in [0.5, 0.6) is 0 Å². The zero-order chi connectivity index (χ0) is 10.4. The van der Waals surface area contributed by atoms with Gasteiger partial charge in [-0.2, -0.15) is 4.79 Å². The van der Waals surface area contributed by atoms with Gasteiger partial charge in [0, 0.05) is 5.57 Å². The summed E-state index contributed by atoms with van der Waals surface area (Å²) in [5, 5.41) is 0. The second kappa shape index (κ2) is 5.18. The van der Waals surface area contributed by atoms with Gasteiger partial charge in [-0.3, -0.25) is 0 Å². The fraction of sp³-hybridized carbons (Fsp3) is 0.500. The molecule has 0 spiro atoms. The van der Waals surface area contributed by atoms with E-state index in [0.717, 1.165) is 0 Å². The molecule has 5 nitrogen and oxygen atoms in total. The fourth-order valence-corrected chi connectivity index (χ4v) is 0.355. The third-order valence-electron chi connectivity index (χ3n) is 0.866. The molecule has 74 valence electrons. The van der Waals surface area contributed by atoms with E-state index in [1.165, 1.54) is 6.92 Å². The van der Waals surface area contributed by atoms with Crippen molar-refractivity contribution in [3.05, 3.63) is 12.2 Å². The van der Waals surface area contributed by atoms with Gasteiger partial charge in [-0.25, -0.2) is 14.6 Å². The van der Waals surface area contributed by atoms with Gasteiger partial charge in [0.05, 0.1) is 6.10 Å². The van der Waals surface area contributed by atoms with Gasteiger partial charge in [0.1, 0.15) is 0 Å². The summed E-state index contributed by atoms with van der Waals surface area (Å²) in [5.74, 6) is -0.805. The minimum Gasteiger partial charge on any atom is -0.429 e. The lowest BCUT2D eigenvalue weighted by molar-refractivity contribution is -0.240. The summed E-state index contributed by atoms with van der Waals surface area (Å²) in [6.07, 6.45) is -1.37. The van der Waals surface area contributed by atoms with E-state index in [2.05, 4.69) is 21.1 Å².